The Balaban J connectivity index is 1.16. The highest BCUT2D eigenvalue weighted by Gasteiger charge is 2.25. The molecule has 182 valence electrons. The van der Waals surface area contributed by atoms with Crippen molar-refractivity contribution in [2.45, 2.75) is 37.8 Å². The van der Waals surface area contributed by atoms with Crippen molar-refractivity contribution in [3.8, 4) is 11.8 Å². The highest BCUT2D eigenvalue weighted by molar-refractivity contribution is 5.87. The standard InChI is InChI=1S/C25H29N7O3/c1-33-25-30-23-19(6-7-28-23)24(31-25)29-16-2-4-18(5-3-16)35-21-15-17(32-10-12-34-13-11-32)14-20-22(21)27-9-8-26-20/h6-9,14-16,18H,2-5,10-13H2,1H3,(H2,28,29,30,31). The Morgan fingerprint density at radius 3 is 2.71 bits per heavy atom. The molecule has 35 heavy (non-hydrogen) atoms. The topological polar surface area (TPSA) is 110 Å². The number of rotatable bonds is 6. The van der Waals surface area contributed by atoms with Gasteiger partial charge in [-0.1, -0.05) is 0 Å². The molecule has 2 aliphatic rings. The molecule has 0 bridgehead atoms. The number of benzene rings is 1. The van der Waals surface area contributed by atoms with Crippen LogP contribution in [0.5, 0.6) is 11.8 Å². The van der Waals surface area contributed by atoms with Gasteiger partial charge in [-0.05, 0) is 37.8 Å². The maximum atomic E-state index is 6.55. The summed E-state index contributed by atoms with van der Waals surface area (Å²) in [4.78, 5) is 23.5. The molecule has 0 spiro atoms. The van der Waals surface area contributed by atoms with Crippen molar-refractivity contribution in [2.24, 2.45) is 0 Å². The second kappa shape index (κ2) is 9.53. The van der Waals surface area contributed by atoms with Gasteiger partial charge in [0.25, 0.3) is 0 Å². The molecule has 1 saturated carbocycles. The van der Waals surface area contributed by atoms with E-state index in [-0.39, 0.29) is 6.10 Å². The number of fused-ring (bicyclic) bond motifs is 2. The summed E-state index contributed by atoms with van der Waals surface area (Å²) in [6.45, 7) is 3.20. The van der Waals surface area contributed by atoms with Gasteiger partial charge >= 0.3 is 6.01 Å². The number of anilines is 2. The predicted octanol–water partition coefficient (Wildman–Crippen LogP) is 3.55. The lowest BCUT2D eigenvalue weighted by atomic mass is 9.93. The van der Waals surface area contributed by atoms with Crippen molar-refractivity contribution >= 4 is 33.6 Å². The number of aromatic nitrogens is 5. The van der Waals surface area contributed by atoms with Crippen LogP contribution in [0.2, 0.25) is 0 Å². The van der Waals surface area contributed by atoms with Gasteiger partial charge in [-0.25, -0.2) is 4.98 Å². The normalized spacial score (nSPS) is 20.8. The van der Waals surface area contributed by atoms with E-state index in [1.54, 1.807) is 19.5 Å². The van der Waals surface area contributed by atoms with Crippen LogP contribution in [-0.4, -0.2) is 70.5 Å². The smallest absolute Gasteiger partial charge is 0.320 e. The molecule has 10 nitrogen and oxygen atoms in total. The minimum Gasteiger partial charge on any atom is -0.488 e. The van der Waals surface area contributed by atoms with Crippen molar-refractivity contribution in [1.82, 2.24) is 24.9 Å². The Hall–Kier alpha value is -3.66. The number of hydrogen-bond donors (Lipinski definition) is 2. The van der Waals surface area contributed by atoms with Crippen LogP contribution in [0.15, 0.2) is 36.8 Å². The van der Waals surface area contributed by atoms with E-state index in [9.17, 15) is 0 Å². The number of H-pyrrole nitrogens is 1. The van der Waals surface area contributed by atoms with Gasteiger partial charge in [-0.2, -0.15) is 9.97 Å². The van der Waals surface area contributed by atoms with Gasteiger partial charge in [0.1, 0.15) is 22.7 Å². The lowest BCUT2D eigenvalue weighted by Gasteiger charge is -2.31. The van der Waals surface area contributed by atoms with E-state index in [4.69, 9.17) is 14.2 Å². The molecule has 10 heteroatoms. The number of methoxy groups -OCH3 is 1. The Kier molecular flexibility index (Phi) is 5.95. The van der Waals surface area contributed by atoms with E-state index < -0.39 is 0 Å². The third-order valence-electron chi connectivity index (χ3n) is 6.79. The molecule has 1 aliphatic heterocycles. The molecule has 4 aromatic rings. The third-order valence-corrected chi connectivity index (χ3v) is 6.79. The van der Waals surface area contributed by atoms with Gasteiger partial charge in [-0.15, -0.1) is 0 Å². The summed E-state index contributed by atoms with van der Waals surface area (Å²) in [5, 5.41) is 4.57. The zero-order valence-electron chi connectivity index (χ0n) is 19.7. The first kappa shape index (κ1) is 21.8. The average Bonchev–Trinajstić information content (AvgIpc) is 3.39. The number of nitrogens with one attached hydrogen (secondary N) is 2. The molecule has 1 aliphatic carbocycles. The number of ether oxygens (including phenoxy) is 3. The van der Waals surface area contributed by atoms with Crippen molar-refractivity contribution in [2.75, 3.05) is 43.6 Å². The Morgan fingerprint density at radius 2 is 1.89 bits per heavy atom. The molecule has 1 saturated heterocycles. The Labute approximate surface area is 203 Å². The number of nitrogens with zero attached hydrogens (tertiary/aromatic N) is 5. The van der Waals surface area contributed by atoms with Crippen molar-refractivity contribution in [1.29, 1.82) is 0 Å². The highest BCUT2D eigenvalue weighted by Crippen LogP contribution is 2.34. The second-order valence-electron chi connectivity index (χ2n) is 9.00. The fourth-order valence-corrected chi connectivity index (χ4v) is 4.94. The Bertz CT molecular complexity index is 1310. The van der Waals surface area contributed by atoms with Gasteiger partial charge in [0.2, 0.25) is 0 Å². The van der Waals surface area contributed by atoms with Crippen LogP contribution >= 0.6 is 0 Å². The summed E-state index contributed by atoms with van der Waals surface area (Å²) >= 11 is 0. The first-order chi connectivity index (χ1) is 17.3. The largest absolute Gasteiger partial charge is 0.488 e. The number of aromatic amines is 1. The van der Waals surface area contributed by atoms with Crippen molar-refractivity contribution in [3.63, 3.8) is 0 Å². The van der Waals surface area contributed by atoms with E-state index in [2.05, 4.69) is 47.3 Å². The molecule has 0 unspecified atom stereocenters. The van der Waals surface area contributed by atoms with Gasteiger partial charge in [0, 0.05) is 49.5 Å². The minimum absolute atomic E-state index is 0.130. The summed E-state index contributed by atoms with van der Waals surface area (Å²) in [7, 11) is 1.58. The van der Waals surface area contributed by atoms with Crippen LogP contribution in [0.25, 0.3) is 22.1 Å². The van der Waals surface area contributed by atoms with Crippen LogP contribution in [0.1, 0.15) is 25.7 Å². The molecule has 0 radical (unpaired) electrons. The molecule has 0 amide bonds. The lowest BCUT2D eigenvalue weighted by Crippen LogP contribution is -2.36. The number of morpholine rings is 1. The molecule has 4 heterocycles. The van der Waals surface area contributed by atoms with E-state index >= 15 is 0 Å². The van der Waals surface area contributed by atoms with Crippen LogP contribution in [0, 0.1) is 0 Å². The monoisotopic (exact) mass is 475 g/mol. The summed E-state index contributed by atoms with van der Waals surface area (Å²) in [6, 6.07) is 6.86. The van der Waals surface area contributed by atoms with E-state index in [0.717, 1.165) is 91.3 Å². The van der Waals surface area contributed by atoms with Gasteiger partial charge in [0.15, 0.2) is 0 Å². The van der Waals surface area contributed by atoms with Gasteiger partial charge < -0.3 is 29.4 Å². The SMILES string of the molecule is COc1nc(NC2CCC(Oc3cc(N4CCOCC4)cc4nccnc34)CC2)c2cc[nH]c2n1. The summed E-state index contributed by atoms with van der Waals surface area (Å²) in [5.74, 6) is 1.61. The van der Waals surface area contributed by atoms with E-state index in [1.807, 2.05) is 12.3 Å². The Morgan fingerprint density at radius 1 is 1.06 bits per heavy atom. The zero-order chi connectivity index (χ0) is 23.6. The molecule has 0 atom stereocenters. The fraction of sp³-hybridized carbons (Fsp3) is 0.440. The van der Waals surface area contributed by atoms with Gasteiger partial charge in [0.05, 0.1) is 37.3 Å². The zero-order valence-corrected chi connectivity index (χ0v) is 19.7. The quantitative estimate of drug-likeness (QED) is 0.432. The van der Waals surface area contributed by atoms with Crippen molar-refractivity contribution < 1.29 is 14.2 Å². The maximum Gasteiger partial charge on any atom is 0.320 e. The van der Waals surface area contributed by atoms with E-state index in [0.29, 0.717) is 12.1 Å². The first-order valence-corrected chi connectivity index (χ1v) is 12.2. The van der Waals surface area contributed by atoms with Gasteiger partial charge in [-0.3, -0.25) is 4.98 Å². The molecule has 2 fully saturated rings. The molecule has 2 N–H and O–H groups in total. The highest BCUT2D eigenvalue weighted by atomic mass is 16.5. The third kappa shape index (κ3) is 4.53. The number of hydrogen-bond acceptors (Lipinski definition) is 9. The molecule has 1 aromatic carbocycles. The van der Waals surface area contributed by atoms with Crippen LogP contribution < -0.4 is 19.7 Å². The first-order valence-electron chi connectivity index (χ1n) is 12.2. The molecular formula is C25H29N7O3. The van der Waals surface area contributed by atoms with Crippen LogP contribution in [0.3, 0.4) is 0 Å². The minimum atomic E-state index is 0.130. The lowest BCUT2D eigenvalue weighted by molar-refractivity contribution is 0.122. The maximum absolute atomic E-state index is 6.55. The molecular weight excluding hydrogens is 446 g/mol. The summed E-state index contributed by atoms with van der Waals surface area (Å²) < 4.78 is 17.3. The molecule has 6 rings (SSSR count). The predicted molar refractivity (Wildman–Crippen MR) is 133 cm³/mol. The fourth-order valence-electron chi connectivity index (χ4n) is 4.94. The van der Waals surface area contributed by atoms with E-state index in [1.165, 1.54) is 0 Å². The summed E-state index contributed by atoms with van der Waals surface area (Å²) in [6.07, 6.45) is 9.31. The van der Waals surface area contributed by atoms with Crippen LogP contribution in [-0.2, 0) is 4.74 Å². The van der Waals surface area contributed by atoms with Crippen LogP contribution in [0.4, 0.5) is 11.5 Å². The summed E-state index contributed by atoms with van der Waals surface area (Å²) in [5.41, 5.74) is 3.55. The average molecular weight is 476 g/mol. The molecule has 3 aromatic heterocycles. The second-order valence-corrected chi connectivity index (χ2v) is 9.00. The van der Waals surface area contributed by atoms with Crippen molar-refractivity contribution in [3.05, 3.63) is 36.8 Å².